The van der Waals surface area contributed by atoms with E-state index in [1.165, 1.54) is 30.5 Å². The predicted molar refractivity (Wildman–Crippen MR) is 70.3 cm³/mol. The summed E-state index contributed by atoms with van der Waals surface area (Å²) < 4.78 is 40.1. The van der Waals surface area contributed by atoms with Gasteiger partial charge in [-0.3, -0.25) is 4.79 Å². The van der Waals surface area contributed by atoms with Crippen molar-refractivity contribution in [2.45, 2.75) is 6.36 Å². The third-order valence-electron chi connectivity index (χ3n) is 2.33. The van der Waals surface area contributed by atoms with Gasteiger partial charge in [-0.1, -0.05) is 17.7 Å². The first kappa shape index (κ1) is 15.1. The number of aromatic nitrogens is 1. The molecule has 0 radical (unpaired) electrons. The maximum absolute atomic E-state index is 12.1. The van der Waals surface area contributed by atoms with Gasteiger partial charge in [0.15, 0.2) is 0 Å². The van der Waals surface area contributed by atoms with Crippen molar-refractivity contribution in [2.24, 2.45) is 0 Å². The number of carbonyl (C=O) groups excluding carboxylic acids is 1. The number of ether oxygens (including phenoxy) is 1. The number of rotatable bonds is 3. The molecule has 0 saturated carbocycles. The van der Waals surface area contributed by atoms with Crippen LogP contribution in [0.4, 0.5) is 18.9 Å². The van der Waals surface area contributed by atoms with Gasteiger partial charge >= 0.3 is 6.36 Å². The number of hydrogen-bond acceptors (Lipinski definition) is 3. The molecule has 0 atom stereocenters. The van der Waals surface area contributed by atoms with Crippen LogP contribution in [0.3, 0.4) is 0 Å². The van der Waals surface area contributed by atoms with Gasteiger partial charge in [0.25, 0.3) is 5.91 Å². The zero-order valence-electron chi connectivity index (χ0n) is 10.3. The van der Waals surface area contributed by atoms with Crippen LogP contribution in [-0.4, -0.2) is 17.3 Å². The number of pyridine rings is 1. The van der Waals surface area contributed by atoms with Crippen molar-refractivity contribution in [2.75, 3.05) is 5.32 Å². The summed E-state index contributed by atoms with van der Waals surface area (Å²) in [6.45, 7) is 0. The molecule has 1 aromatic heterocycles. The van der Waals surface area contributed by atoms with Crippen molar-refractivity contribution in [1.29, 1.82) is 0 Å². The Kier molecular flexibility index (Phi) is 4.32. The van der Waals surface area contributed by atoms with Crippen molar-refractivity contribution in [1.82, 2.24) is 4.98 Å². The first-order chi connectivity index (χ1) is 9.85. The maximum atomic E-state index is 12.1. The molecular formula is C13H8ClF3N2O2. The van der Waals surface area contributed by atoms with E-state index in [2.05, 4.69) is 15.0 Å². The van der Waals surface area contributed by atoms with E-state index in [4.69, 9.17) is 11.6 Å². The van der Waals surface area contributed by atoms with Crippen molar-refractivity contribution in [3.05, 3.63) is 53.3 Å². The highest BCUT2D eigenvalue weighted by Gasteiger charge is 2.31. The van der Waals surface area contributed by atoms with E-state index in [9.17, 15) is 18.0 Å². The fourth-order valence-corrected chi connectivity index (χ4v) is 1.73. The molecule has 110 valence electrons. The molecule has 1 N–H and O–H groups in total. The fraction of sp³-hybridized carbons (Fsp3) is 0.0769. The summed E-state index contributed by atoms with van der Waals surface area (Å²) in [5, 5.41) is 2.41. The Morgan fingerprint density at radius 3 is 2.67 bits per heavy atom. The molecule has 0 aliphatic heterocycles. The number of amides is 1. The van der Waals surface area contributed by atoms with Gasteiger partial charge in [0.1, 0.15) is 10.9 Å². The Bertz CT molecular complexity index is 662. The lowest BCUT2D eigenvalue weighted by atomic mass is 10.2. The van der Waals surface area contributed by atoms with E-state index in [1.54, 1.807) is 0 Å². The summed E-state index contributed by atoms with van der Waals surface area (Å²) in [6.07, 6.45) is -3.38. The van der Waals surface area contributed by atoms with Crippen molar-refractivity contribution in [3.8, 4) is 5.75 Å². The zero-order chi connectivity index (χ0) is 15.5. The quantitative estimate of drug-likeness (QED) is 0.874. The Labute approximate surface area is 122 Å². The van der Waals surface area contributed by atoms with Gasteiger partial charge in [-0.2, -0.15) is 0 Å². The van der Waals surface area contributed by atoms with Crippen LogP contribution in [0.25, 0.3) is 0 Å². The standard InChI is InChI=1S/C13H8ClF3N2O2/c14-11-10(5-2-6-18-11)12(20)19-8-3-1-4-9(7-8)21-13(15,16)17/h1-7H,(H,19,20). The summed E-state index contributed by atoms with van der Waals surface area (Å²) in [5.41, 5.74) is 0.253. The highest BCUT2D eigenvalue weighted by Crippen LogP contribution is 2.25. The third kappa shape index (κ3) is 4.35. The molecule has 1 aromatic carbocycles. The summed E-state index contributed by atoms with van der Waals surface area (Å²) in [7, 11) is 0. The van der Waals surface area contributed by atoms with E-state index in [-0.39, 0.29) is 16.4 Å². The fourth-order valence-electron chi connectivity index (χ4n) is 1.52. The van der Waals surface area contributed by atoms with Crippen molar-refractivity contribution < 1.29 is 22.7 Å². The Hall–Kier alpha value is -2.28. The number of halogens is 4. The van der Waals surface area contributed by atoms with Gasteiger partial charge in [-0.25, -0.2) is 4.98 Å². The van der Waals surface area contributed by atoms with Crippen LogP contribution in [0.15, 0.2) is 42.6 Å². The molecule has 0 spiro atoms. The molecular weight excluding hydrogens is 309 g/mol. The second-order valence-electron chi connectivity index (χ2n) is 3.87. The normalized spacial score (nSPS) is 11.0. The SMILES string of the molecule is O=C(Nc1cccc(OC(F)(F)F)c1)c1cccnc1Cl. The lowest BCUT2D eigenvalue weighted by Gasteiger charge is -2.11. The monoisotopic (exact) mass is 316 g/mol. The molecule has 21 heavy (non-hydrogen) atoms. The van der Waals surface area contributed by atoms with Crippen LogP contribution in [0.5, 0.6) is 5.75 Å². The zero-order valence-corrected chi connectivity index (χ0v) is 11.1. The molecule has 2 aromatic rings. The van der Waals surface area contributed by atoms with E-state index in [0.29, 0.717) is 0 Å². The van der Waals surface area contributed by atoms with Gasteiger partial charge in [-0.15, -0.1) is 13.2 Å². The van der Waals surface area contributed by atoms with E-state index >= 15 is 0 Å². The number of hydrogen-bond donors (Lipinski definition) is 1. The Balaban J connectivity index is 2.15. The largest absolute Gasteiger partial charge is 0.573 e. The first-order valence-corrected chi connectivity index (χ1v) is 6.00. The summed E-state index contributed by atoms with van der Waals surface area (Å²) in [6, 6.07) is 7.88. The van der Waals surface area contributed by atoms with Crippen LogP contribution in [0.1, 0.15) is 10.4 Å². The number of carbonyl (C=O) groups is 1. The third-order valence-corrected chi connectivity index (χ3v) is 2.63. The second-order valence-corrected chi connectivity index (χ2v) is 4.23. The Morgan fingerprint density at radius 1 is 1.24 bits per heavy atom. The van der Waals surface area contributed by atoms with Gasteiger partial charge in [0, 0.05) is 18.0 Å². The number of benzene rings is 1. The van der Waals surface area contributed by atoms with Crippen LogP contribution < -0.4 is 10.1 Å². The minimum absolute atomic E-state index is 0.00213. The van der Waals surface area contributed by atoms with E-state index in [1.807, 2.05) is 0 Å². The van der Waals surface area contributed by atoms with Gasteiger partial charge in [-0.05, 0) is 24.3 Å². The summed E-state index contributed by atoms with van der Waals surface area (Å²) in [5.74, 6) is -1.02. The molecule has 0 fully saturated rings. The van der Waals surface area contributed by atoms with E-state index < -0.39 is 18.0 Å². The molecule has 1 amide bonds. The van der Waals surface area contributed by atoms with Crippen LogP contribution >= 0.6 is 11.6 Å². The smallest absolute Gasteiger partial charge is 0.406 e. The molecule has 8 heteroatoms. The van der Waals surface area contributed by atoms with Gasteiger partial charge < -0.3 is 10.1 Å². The van der Waals surface area contributed by atoms with Crippen LogP contribution in [-0.2, 0) is 0 Å². The highest BCUT2D eigenvalue weighted by molar-refractivity contribution is 6.33. The molecule has 0 unspecified atom stereocenters. The second kappa shape index (κ2) is 6.01. The molecule has 2 rings (SSSR count). The highest BCUT2D eigenvalue weighted by atomic mass is 35.5. The van der Waals surface area contributed by atoms with Crippen molar-refractivity contribution >= 4 is 23.2 Å². The first-order valence-electron chi connectivity index (χ1n) is 5.63. The minimum atomic E-state index is -4.80. The van der Waals surface area contributed by atoms with Crippen LogP contribution in [0, 0.1) is 0 Å². The van der Waals surface area contributed by atoms with Crippen LogP contribution in [0.2, 0.25) is 5.15 Å². The molecule has 1 heterocycles. The predicted octanol–water partition coefficient (Wildman–Crippen LogP) is 3.89. The average Bonchev–Trinajstić information content (AvgIpc) is 2.37. The minimum Gasteiger partial charge on any atom is -0.406 e. The topological polar surface area (TPSA) is 51.2 Å². The maximum Gasteiger partial charge on any atom is 0.573 e. The molecule has 4 nitrogen and oxygen atoms in total. The number of nitrogens with one attached hydrogen (secondary N) is 1. The number of anilines is 1. The van der Waals surface area contributed by atoms with E-state index in [0.717, 1.165) is 12.1 Å². The Morgan fingerprint density at radius 2 is 2.00 bits per heavy atom. The average molecular weight is 317 g/mol. The lowest BCUT2D eigenvalue weighted by molar-refractivity contribution is -0.274. The van der Waals surface area contributed by atoms with Gasteiger partial charge in [0.05, 0.1) is 5.56 Å². The summed E-state index contributed by atoms with van der Waals surface area (Å²) in [4.78, 5) is 15.7. The molecule has 0 aliphatic carbocycles. The molecule has 0 bridgehead atoms. The number of nitrogens with zero attached hydrogens (tertiary/aromatic N) is 1. The molecule has 0 saturated heterocycles. The van der Waals surface area contributed by atoms with Crippen molar-refractivity contribution in [3.63, 3.8) is 0 Å². The molecule has 0 aliphatic rings. The summed E-state index contributed by atoms with van der Waals surface area (Å²) >= 11 is 5.76. The van der Waals surface area contributed by atoms with Gasteiger partial charge in [0.2, 0.25) is 0 Å². The number of alkyl halides is 3. The lowest BCUT2D eigenvalue weighted by Crippen LogP contribution is -2.17.